The van der Waals surface area contributed by atoms with Crippen molar-refractivity contribution in [3.63, 3.8) is 0 Å². The van der Waals surface area contributed by atoms with Gasteiger partial charge in [-0.1, -0.05) is 367 Å². The minimum Gasteiger partial charge on any atom is -0.462 e. The van der Waals surface area contributed by atoms with Crippen LogP contribution in [-0.4, -0.2) is 49.3 Å². The maximum atomic E-state index is 12.8. The average Bonchev–Trinajstić information content (AvgIpc) is 3.04. The third-order valence-corrected chi connectivity index (χ3v) is 18.1. The van der Waals surface area contributed by atoms with Crippen molar-refractivity contribution in [3.8, 4) is 0 Å². The van der Waals surface area contributed by atoms with E-state index in [1.807, 2.05) is 0 Å². The van der Waals surface area contributed by atoms with Gasteiger partial charge in [0.15, 0.2) is 6.10 Å². The molecule has 0 saturated heterocycles. The van der Waals surface area contributed by atoms with Crippen LogP contribution >= 0.6 is 7.82 Å². The summed E-state index contributed by atoms with van der Waals surface area (Å²) in [5.74, 6) is -0.814. The number of carbonyl (C=O) groups is 2. The number of carbonyl (C=O) groups excluding carboxylic acids is 2. The molecular weight excluding hydrogens is 1170 g/mol. The van der Waals surface area contributed by atoms with E-state index in [1.54, 1.807) is 0 Å². The van der Waals surface area contributed by atoms with Crippen LogP contribution in [0.25, 0.3) is 0 Å². The molecule has 0 aromatic carbocycles. The molecule has 2 atom stereocenters. The number of ether oxygens (including phenoxy) is 2. The summed E-state index contributed by atoms with van der Waals surface area (Å²) < 4.78 is 33.3. The number of phosphoric ester groups is 1. The number of nitrogens with two attached hydrogens (primary N) is 1. The Bertz CT molecular complexity index is 1900. The van der Waals surface area contributed by atoms with E-state index in [2.05, 4.69) is 123 Å². The van der Waals surface area contributed by atoms with Crippen molar-refractivity contribution in [3.05, 3.63) is 109 Å². The van der Waals surface area contributed by atoms with Crippen LogP contribution in [0.1, 0.15) is 373 Å². The zero-order valence-corrected chi connectivity index (χ0v) is 61.6. The van der Waals surface area contributed by atoms with Gasteiger partial charge >= 0.3 is 19.8 Å². The molecule has 0 aliphatic rings. The van der Waals surface area contributed by atoms with Gasteiger partial charge in [-0.2, -0.15) is 0 Å². The van der Waals surface area contributed by atoms with E-state index in [0.717, 1.165) is 89.9 Å². The highest BCUT2D eigenvalue weighted by molar-refractivity contribution is 7.47. The van der Waals surface area contributed by atoms with Crippen LogP contribution in [0, 0.1) is 0 Å². The second-order valence-electron chi connectivity index (χ2n) is 26.2. The first-order valence-electron chi connectivity index (χ1n) is 39.4. The van der Waals surface area contributed by atoms with E-state index in [-0.39, 0.29) is 38.6 Å². The van der Waals surface area contributed by atoms with E-state index >= 15 is 0 Å². The highest BCUT2D eigenvalue weighted by Crippen LogP contribution is 2.43. The molecule has 2 unspecified atom stereocenters. The molecule has 0 aliphatic heterocycles. The second kappa shape index (κ2) is 77.7. The largest absolute Gasteiger partial charge is 0.472 e. The van der Waals surface area contributed by atoms with Crippen LogP contribution in [0.15, 0.2) is 109 Å². The molecule has 0 aliphatic carbocycles. The molecule has 93 heavy (non-hydrogen) atoms. The lowest BCUT2D eigenvalue weighted by Gasteiger charge is -2.19. The van der Waals surface area contributed by atoms with Crippen molar-refractivity contribution < 1.29 is 37.6 Å². The lowest BCUT2D eigenvalue weighted by Crippen LogP contribution is -2.29. The van der Waals surface area contributed by atoms with Gasteiger partial charge in [0.2, 0.25) is 0 Å². The van der Waals surface area contributed by atoms with Gasteiger partial charge < -0.3 is 20.1 Å². The predicted molar refractivity (Wildman–Crippen MR) is 404 cm³/mol. The summed E-state index contributed by atoms with van der Waals surface area (Å²) in [5.41, 5.74) is 5.41. The van der Waals surface area contributed by atoms with Gasteiger partial charge in [0.25, 0.3) is 0 Å². The Morgan fingerprint density at radius 1 is 0.333 bits per heavy atom. The van der Waals surface area contributed by atoms with E-state index in [1.165, 1.54) is 250 Å². The fraction of sp³-hybridized carbons (Fsp3) is 0.759. The molecular formula is C83H148NO8P. The molecule has 0 heterocycles. The first kappa shape index (κ1) is 89.7. The molecule has 0 amide bonds. The van der Waals surface area contributed by atoms with Crippen molar-refractivity contribution in [1.82, 2.24) is 0 Å². The van der Waals surface area contributed by atoms with Crippen LogP contribution < -0.4 is 5.73 Å². The lowest BCUT2D eigenvalue weighted by atomic mass is 10.0. The molecule has 9 nitrogen and oxygen atoms in total. The van der Waals surface area contributed by atoms with E-state index in [0.29, 0.717) is 6.42 Å². The van der Waals surface area contributed by atoms with E-state index < -0.39 is 26.5 Å². The second-order valence-corrected chi connectivity index (χ2v) is 27.7. The van der Waals surface area contributed by atoms with Gasteiger partial charge in [-0.25, -0.2) is 4.57 Å². The number of allylic oxidation sites excluding steroid dienone is 18. The van der Waals surface area contributed by atoms with Crippen LogP contribution in [0.5, 0.6) is 0 Å². The van der Waals surface area contributed by atoms with Crippen LogP contribution in [-0.2, 0) is 32.7 Å². The number of esters is 2. The number of hydrogen-bond donors (Lipinski definition) is 2. The quantitative estimate of drug-likeness (QED) is 0.0264. The number of phosphoric acid groups is 1. The number of hydrogen-bond acceptors (Lipinski definition) is 8. The summed E-state index contributed by atoms with van der Waals surface area (Å²) in [5, 5.41) is 0. The molecule has 0 aromatic rings. The molecule has 0 fully saturated rings. The molecule has 0 radical (unpaired) electrons. The molecule has 538 valence electrons. The molecule has 0 aromatic heterocycles. The maximum Gasteiger partial charge on any atom is 0.472 e. The van der Waals surface area contributed by atoms with Gasteiger partial charge in [-0.3, -0.25) is 18.6 Å². The standard InChI is InChI=1S/C83H148NO8P/c1-3-5-7-9-11-13-15-17-19-21-23-25-27-29-31-33-35-37-39-40-42-44-46-48-50-52-54-56-58-60-62-64-66-68-70-72-74-76-83(86)92-81(80-91-93(87,88)90-78-77-84)79-89-82(85)75-73-71-69-67-65-63-61-59-57-55-53-51-49-47-45-43-41-38-36-34-32-30-28-26-24-22-20-18-16-14-12-10-8-6-4-2/h5,7,11,13,16-19,22-25,29,31,35,37,40,42,81H,3-4,6,8-10,12,14-15,20-21,26-28,30,32-34,36,38-39,41,43-80,84H2,1-2H3,(H,87,88)/b7-5-,13-11-,18-16-,19-17-,24-22-,25-23-,31-29-,37-35-,42-40-. The molecule has 0 rings (SSSR count). The van der Waals surface area contributed by atoms with Crippen molar-refractivity contribution >= 4 is 19.8 Å². The summed E-state index contributed by atoms with van der Waals surface area (Å²) in [4.78, 5) is 35.5. The van der Waals surface area contributed by atoms with Gasteiger partial charge in [0.1, 0.15) is 6.61 Å². The predicted octanol–water partition coefficient (Wildman–Crippen LogP) is 26.4. The van der Waals surface area contributed by atoms with E-state index in [9.17, 15) is 19.0 Å². The Balaban J connectivity index is 3.81. The Labute approximate surface area is 575 Å². The van der Waals surface area contributed by atoms with Crippen LogP contribution in [0.4, 0.5) is 0 Å². The van der Waals surface area contributed by atoms with Crippen molar-refractivity contribution in [2.45, 2.75) is 380 Å². The Morgan fingerprint density at radius 3 is 0.882 bits per heavy atom. The topological polar surface area (TPSA) is 134 Å². The number of unbranched alkanes of at least 4 members (excludes halogenated alkanes) is 43. The highest BCUT2D eigenvalue weighted by atomic mass is 31.2. The van der Waals surface area contributed by atoms with Gasteiger partial charge in [0, 0.05) is 19.4 Å². The third kappa shape index (κ3) is 77.6. The van der Waals surface area contributed by atoms with Crippen molar-refractivity contribution in [2.24, 2.45) is 5.73 Å². The zero-order valence-electron chi connectivity index (χ0n) is 60.7. The first-order valence-corrected chi connectivity index (χ1v) is 40.9. The smallest absolute Gasteiger partial charge is 0.462 e. The SMILES string of the molecule is CC/C=C\C/C=C\C/C=C\C/C=C\C/C=C\C/C=C\C/C=C\CCCCCCCCCCCCCCCCCC(=O)OC(COC(=O)CCCCCCCCCCCCCCCCCCCCCCCCC/C=C\C/C=C\CCCCCCC)COP(=O)(O)OCCN. The third-order valence-electron chi connectivity index (χ3n) is 17.1. The van der Waals surface area contributed by atoms with Crippen LogP contribution in [0.3, 0.4) is 0 Å². The zero-order chi connectivity index (χ0) is 67.2. The maximum absolute atomic E-state index is 12.8. The Kier molecular flexibility index (Phi) is 74.9. The Hall–Kier alpha value is -3.33. The Morgan fingerprint density at radius 2 is 0.591 bits per heavy atom. The molecule has 0 saturated carbocycles. The summed E-state index contributed by atoms with van der Waals surface area (Å²) in [7, 11) is -4.40. The lowest BCUT2D eigenvalue weighted by molar-refractivity contribution is -0.161. The molecule has 0 bridgehead atoms. The van der Waals surface area contributed by atoms with Crippen molar-refractivity contribution in [1.29, 1.82) is 0 Å². The summed E-state index contributed by atoms with van der Waals surface area (Å²) in [6.07, 6.45) is 108. The van der Waals surface area contributed by atoms with Gasteiger partial charge in [-0.15, -0.1) is 0 Å². The average molecular weight is 1320 g/mol. The van der Waals surface area contributed by atoms with Crippen molar-refractivity contribution in [2.75, 3.05) is 26.4 Å². The molecule has 10 heteroatoms. The normalized spacial score (nSPS) is 13.5. The van der Waals surface area contributed by atoms with Crippen LogP contribution in [0.2, 0.25) is 0 Å². The summed E-state index contributed by atoms with van der Waals surface area (Å²) >= 11 is 0. The fourth-order valence-corrected chi connectivity index (χ4v) is 12.1. The summed E-state index contributed by atoms with van der Waals surface area (Å²) in [6, 6.07) is 0. The number of rotatable bonds is 74. The molecule has 3 N–H and O–H groups in total. The first-order chi connectivity index (χ1) is 45.8. The highest BCUT2D eigenvalue weighted by Gasteiger charge is 2.26. The van der Waals surface area contributed by atoms with Gasteiger partial charge in [0.05, 0.1) is 13.2 Å². The fourth-order valence-electron chi connectivity index (χ4n) is 11.4. The minimum atomic E-state index is -4.40. The molecule has 0 spiro atoms. The van der Waals surface area contributed by atoms with Gasteiger partial charge in [-0.05, 0) is 103 Å². The minimum absolute atomic E-state index is 0.0519. The summed E-state index contributed by atoms with van der Waals surface area (Å²) in [6.45, 7) is 3.67. The monoisotopic (exact) mass is 1320 g/mol. The van der Waals surface area contributed by atoms with E-state index in [4.69, 9.17) is 24.3 Å².